The van der Waals surface area contributed by atoms with Crippen LogP contribution in [-0.4, -0.2) is 107 Å². The van der Waals surface area contributed by atoms with Gasteiger partial charge in [-0.15, -0.1) is 0 Å². The van der Waals surface area contributed by atoms with Gasteiger partial charge in [0.15, 0.2) is 0 Å². The summed E-state index contributed by atoms with van der Waals surface area (Å²) < 4.78 is 13.5. The number of carbonyl (C=O) groups is 5. The van der Waals surface area contributed by atoms with Gasteiger partial charge in [-0.2, -0.15) is 0 Å². The summed E-state index contributed by atoms with van der Waals surface area (Å²) in [5.41, 5.74) is 7.07. The Bertz CT molecular complexity index is 2190. The number of piperidine rings is 2. The van der Waals surface area contributed by atoms with E-state index in [-0.39, 0.29) is 36.9 Å². The zero-order valence-corrected chi connectivity index (χ0v) is 33.7. The maximum Gasteiger partial charge on any atom is 0.317 e. The van der Waals surface area contributed by atoms with Gasteiger partial charge < -0.3 is 24.3 Å². The van der Waals surface area contributed by atoms with Gasteiger partial charge in [-0.1, -0.05) is 0 Å². The number of pyridine rings is 1. The van der Waals surface area contributed by atoms with Gasteiger partial charge in [-0.3, -0.25) is 44.0 Å². The summed E-state index contributed by atoms with van der Waals surface area (Å²) in [7, 11) is 6.69. The molecule has 0 saturated carbocycles. The summed E-state index contributed by atoms with van der Waals surface area (Å²) in [5, 5.41) is 4.92. The molecular weight excluding hydrogens is 743 g/mol. The van der Waals surface area contributed by atoms with Crippen molar-refractivity contribution >= 4 is 29.7 Å². The Morgan fingerprint density at radius 1 is 0.810 bits per heavy atom. The fourth-order valence-electron chi connectivity index (χ4n) is 9.53. The number of urea groups is 1. The van der Waals surface area contributed by atoms with Crippen LogP contribution in [0.4, 0.5) is 4.79 Å². The Labute approximate surface area is 337 Å². The second-order valence-corrected chi connectivity index (χ2v) is 16.2. The Kier molecular flexibility index (Phi) is 10.8. The molecule has 306 valence electrons. The van der Waals surface area contributed by atoms with Crippen LogP contribution in [0.15, 0.2) is 35.3 Å². The number of nitrogens with one attached hydrogen (secondary N) is 2. The molecule has 15 nitrogen and oxygen atoms in total. The number of hydrogen-bond donors (Lipinski definition) is 2. The molecule has 8 rings (SSSR count). The van der Waals surface area contributed by atoms with Gasteiger partial charge in [-0.25, -0.2) is 4.79 Å². The lowest BCUT2D eigenvalue weighted by atomic mass is 9.91. The van der Waals surface area contributed by atoms with Gasteiger partial charge >= 0.3 is 6.03 Å². The van der Waals surface area contributed by atoms with Crippen LogP contribution in [0.5, 0.6) is 11.5 Å². The average molecular weight is 794 g/mol. The Morgan fingerprint density at radius 2 is 1.47 bits per heavy atom. The maximum absolute atomic E-state index is 13.3. The highest BCUT2D eigenvalue weighted by Crippen LogP contribution is 2.39. The van der Waals surface area contributed by atoms with Gasteiger partial charge in [0, 0.05) is 64.0 Å². The third-order valence-corrected chi connectivity index (χ3v) is 12.7. The number of amides is 6. The number of rotatable bonds is 10. The van der Waals surface area contributed by atoms with E-state index >= 15 is 0 Å². The van der Waals surface area contributed by atoms with E-state index in [9.17, 15) is 28.8 Å². The number of hydrogen-bond acceptors (Lipinski definition) is 10. The maximum atomic E-state index is 13.3. The van der Waals surface area contributed by atoms with Crippen molar-refractivity contribution in [1.82, 2.24) is 34.8 Å². The number of aromatic nitrogens is 1. The van der Waals surface area contributed by atoms with E-state index in [2.05, 4.69) is 20.4 Å². The van der Waals surface area contributed by atoms with Crippen molar-refractivity contribution in [3.8, 4) is 22.6 Å². The molecule has 3 aromatic rings. The van der Waals surface area contributed by atoms with Gasteiger partial charge in [0.1, 0.15) is 17.5 Å². The topological polar surface area (TPSA) is 163 Å². The molecule has 0 spiro atoms. The first kappa shape index (κ1) is 39.3. The molecule has 1 aromatic heterocycles. The minimum atomic E-state index is -0.960. The fraction of sp³-hybridized carbons (Fsp3) is 0.488. The minimum Gasteiger partial charge on any atom is -0.496 e. The molecule has 6 amide bonds. The number of ether oxygens (including phenoxy) is 2. The SMILES string of the molecule is CNC(=O)N1CCc2c(-c3cc(OC)c(CN4CCC(CCCN5Cc6cc7c(cc6C5)C(=O)N(C5CCC(=O)NC5=O)C7=O)CC4)c(OC)c3)cn(C)c(=O)c2C1. The Balaban J connectivity index is 0.852. The molecule has 0 bridgehead atoms. The summed E-state index contributed by atoms with van der Waals surface area (Å²) in [6.45, 7) is 5.75. The monoisotopic (exact) mass is 793 g/mol. The van der Waals surface area contributed by atoms with E-state index in [1.165, 1.54) is 0 Å². The second-order valence-electron chi connectivity index (χ2n) is 16.2. The Hall–Kier alpha value is -5.54. The van der Waals surface area contributed by atoms with E-state index in [0.29, 0.717) is 55.2 Å². The first-order valence-electron chi connectivity index (χ1n) is 20.2. The van der Waals surface area contributed by atoms with E-state index in [4.69, 9.17) is 9.47 Å². The number of benzene rings is 2. The summed E-state index contributed by atoms with van der Waals surface area (Å²) >= 11 is 0. The first-order chi connectivity index (χ1) is 28.0. The lowest BCUT2D eigenvalue weighted by Crippen LogP contribution is -2.54. The van der Waals surface area contributed by atoms with Crippen LogP contribution < -0.4 is 25.7 Å². The number of aryl methyl sites for hydroxylation is 1. The molecule has 2 N–H and O–H groups in total. The fourth-order valence-corrected chi connectivity index (χ4v) is 9.53. The third kappa shape index (κ3) is 7.25. The molecule has 6 heterocycles. The normalized spacial score (nSPS) is 19.9. The van der Waals surface area contributed by atoms with Crippen molar-refractivity contribution in [1.29, 1.82) is 0 Å². The Morgan fingerprint density at radius 3 is 2.07 bits per heavy atom. The standard InChI is InChI=1S/C43H51N7O8/c1-44-43(56)49-15-11-29-32(22-46(2)40(53)33(29)24-49)26-18-36(57-3)34(37(19-26)58-4)23-47-13-9-25(10-14-47)6-5-12-48-20-27-16-30-31(17-28(27)21-48)42(55)50(41(30)54)35-7-8-38(51)45-39(35)52/h16-19,22,25,35H,5-15,20-21,23-24H2,1-4H3,(H,44,56)(H,45,51,52). The van der Waals surface area contributed by atoms with Gasteiger partial charge in [0.25, 0.3) is 17.4 Å². The van der Waals surface area contributed by atoms with Crippen LogP contribution in [0.2, 0.25) is 0 Å². The third-order valence-electron chi connectivity index (χ3n) is 12.7. The second kappa shape index (κ2) is 16.0. The predicted octanol–water partition coefficient (Wildman–Crippen LogP) is 3.18. The lowest BCUT2D eigenvalue weighted by Gasteiger charge is -2.33. The quantitative estimate of drug-likeness (QED) is 0.292. The summed E-state index contributed by atoms with van der Waals surface area (Å²) in [6, 6.07) is 6.56. The predicted molar refractivity (Wildman–Crippen MR) is 213 cm³/mol. The van der Waals surface area contributed by atoms with E-state index < -0.39 is 23.8 Å². The van der Waals surface area contributed by atoms with E-state index in [1.807, 2.05) is 30.5 Å². The van der Waals surface area contributed by atoms with Crippen LogP contribution in [0.25, 0.3) is 11.1 Å². The molecular formula is C43H51N7O8. The van der Waals surface area contributed by atoms with Gasteiger partial charge in [-0.05, 0) is 111 Å². The number of fused-ring (bicyclic) bond motifs is 3. The number of imide groups is 2. The molecule has 15 heteroatoms. The first-order valence-corrected chi connectivity index (χ1v) is 20.2. The number of nitrogens with zero attached hydrogens (tertiary/aromatic N) is 5. The molecule has 5 aliphatic heterocycles. The lowest BCUT2D eigenvalue weighted by molar-refractivity contribution is -0.136. The largest absolute Gasteiger partial charge is 0.496 e. The van der Waals surface area contributed by atoms with E-state index in [1.54, 1.807) is 37.8 Å². The van der Waals surface area contributed by atoms with E-state index in [0.717, 1.165) is 95.1 Å². The molecule has 58 heavy (non-hydrogen) atoms. The number of carbonyl (C=O) groups excluding carboxylic acids is 5. The summed E-state index contributed by atoms with van der Waals surface area (Å²) in [5.74, 6) is 0.181. The molecule has 5 aliphatic rings. The van der Waals surface area contributed by atoms with Crippen LogP contribution in [-0.2, 0) is 49.2 Å². The molecule has 0 radical (unpaired) electrons. The van der Waals surface area contributed by atoms with Crippen molar-refractivity contribution in [2.45, 2.75) is 77.2 Å². The molecule has 0 aliphatic carbocycles. The molecule has 2 fully saturated rings. The average Bonchev–Trinajstić information content (AvgIpc) is 3.74. The van der Waals surface area contributed by atoms with Crippen molar-refractivity contribution in [2.75, 3.05) is 47.4 Å². The minimum absolute atomic E-state index is 0.0980. The highest BCUT2D eigenvalue weighted by Gasteiger charge is 2.45. The zero-order chi connectivity index (χ0) is 40.8. The van der Waals surface area contributed by atoms with Crippen molar-refractivity contribution < 1.29 is 33.4 Å². The highest BCUT2D eigenvalue weighted by atomic mass is 16.5. The highest BCUT2D eigenvalue weighted by molar-refractivity contribution is 6.23. The smallest absolute Gasteiger partial charge is 0.317 e. The van der Waals surface area contributed by atoms with Gasteiger partial charge in [0.2, 0.25) is 11.8 Å². The van der Waals surface area contributed by atoms with Crippen LogP contribution >= 0.6 is 0 Å². The number of methoxy groups -OCH3 is 2. The van der Waals surface area contributed by atoms with Crippen molar-refractivity contribution in [3.63, 3.8) is 0 Å². The summed E-state index contributed by atoms with van der Waals surface area (Å²) in [6.07, 6.45) is 7.06. The zero-order valence-electron chi connectivity index (χ0n) is 33.7. The number of likely N-dealkylation sites (tertiary alicyclic amines) is 1. The molecule has 1 atom stereocenters. The van der Waals surface area contributed by atoms with Crippen molar-refractivity contribution in [3.05, 3.63) is 79.8 Å². The van der Waals surface area contributed by atoms with Crippen LogP contribution in [0.3, 0.4) is 0 Å². The molecule has 2 saturated heterocycles. The van der Waals surface area contributed by atoms with Crippen LogP contribution in [0.1, 0.15) is 87.1 Å². The van der Waals surface area contributed by atoms with Crippen LogP contribution in [0, 0.1) is 5.92 Å². The molecule has 1 unspecified atom stereocenters. The molecule has 2 aromatic carbocycles. The van der Waals surface area contributed by atoms with Crippen molar-refractivity contribution in [2.24, 2.45) is 13.0 Å². The van der Waals surface area contributed by atoms with Gasteiger partial charge in [0.05, 0.1) is 37.5 Å². The summed E-state index contributed by atoms with van der Waals surface area (Å²) in [4.78, 5) is 83.8.